The van der Waals surface area contributed by atoms with Crippen LogP contribution < -0.4 is 0 Å². The van der Waals surface area contributed by atoms with Crippen molar-refractivity contribution < 1.29 is 24.3 Å². The molecule has 172 valence electrons. The number of oxime groups is 1. The van der Waals surface area contributed by atoms with Gasteiger partial charge in [-0.15, -0.1) is 0 Å². The fraction of sp³-hybridized carbons (Fsp3) is 0.458. The highest BCUT2D eigenvalue weighted by Gasteiger charge is 2.19. The van der Waals surface area contributed by atoms with Crippen LogP contribution >= 0.6 is 11.8 Å². The van der Waals surface area contributed by atoms with E-state index in [-0.39, 0.29) is 24.7 Å². The van der Waals surface area contributed by atoms with Crippen molar-refractivity contribution in [2.45, 2.75) is 32.6 Å². The Morgan fingerprint density at radius 3 is 2.75 bits per heavy atom. The summed E-state index contributed by atoms with van der Waals surface area (Å²) in [6.07, 6.45) is 10.5. The Morgan fingerprint density at radius 2 is 1.94 bits per heavy atom. The standard InChI is InChI=1S/C24H30N2O5S/c1-18-14-21(27)16-19-15-20(25-31-17-22(28)26-9-12-32-13-10-26)8-6-4-2-3-5-7-11-30-24(29)23(18)19/h3,5-6,8,14,16,27H,2,4,7,9-13,15,17H2,1H3/b5-3+,8-6+,25-20+. The number of allylic oxidation sites excluding steroid dienone is 3. The topological polar surface area (TPSA) is 88.4 Å². The van der Waals surface area contributed by atoms with Crippen LogP contribution in [0.1, 0.15) is 40.7 Å². The number of cyclic esters (lactones) is 1. The number of rotatable bonds is 3. The number of carbonyl (C=O) groups is 2. The summed E-state index contributed by atoms with van der Waals surface area (Å²) in [5.41, 5.74) is 2.22. The number of nitrogens with zero attached hydrogens (tertiary/aromatic N) is 2. The van der Waals surface area contributed by atoms with Gasteiger partial charge < -0.3 is 19.6 Å². The van der Waals surface area contributed by atoms with E-state index in [1.807, 2.05) is 30.0 Å². The first-order valence-corrected chi connectivity index (χ1v) is 12.1. The van der Waals surface area contributed by atoms with Crippen LogP contribution in [0.4, 0.5) is 0 Å². The van der Waals surface area contributed by atoms with E-state index >= 15 is 0 Å². The lowest BCUT2D eigenvalue weighted by atomic mass is 9.96. The molecule has 32 heavy (non-hydrogen) atoms. The average Bonchev–Trinajstić information content (AvgIpc) is 2.77. The Labute approximate surface area is 193 Å². The smallest absolute Gasteiger partial charge is 0.338 e. The van der Waals surface area contributed by atoms with Gasteiger partial charge >= 0.3 is 5.97 Å². The Kier molecular flexibility index (Phi) is 9.22. The van der Waals surface area contributed by atoms with Crippen LogP contribution in [0.5, 0.6) is 5.75 Å². The summed E-state index contributed by atoms with van der Waals surface area (Å²) in [5.74, 6) is 1.44. The first-order valence-electron chi connectivity index (χ1n) is 10.9. The molecule has 1 amide bonds. The van der Waals surface area contributed by atoms with Crippen LogP contribution in [0.25, 0.3) is 0 Å². The summed E-state index contributed by atoms with van der Waals surface area (Å²) in [7, 11) is 0. The van der Waals surface area contributed by atoms with Crippen molar-refractivity contribution >= 4 is 29.4 Å². The largest absolute Gasteiger partial charge is 0.508 e. The molecule has 1 saturated heterocycles. The lowest BCUT2D eigenvalue weighted by Crippen LogP contribution is -2.39. The molecule has 0 aliphatic carbocycles. The van der Waals surface area contributed by atoms with Crippen molar-refractivity contribution in [3.05, 3.63) is 53.1 Å². The second-order valence-corrected chi connectivity index (χ2v) is 8.92. The van der Waals surface area contributed by atoms with Gasteiger partial charge in [-0.2, -0.15) is 11.8 Å². The Morgan fingerprint density at radius 1 is 1.19 bits per heavy atom. The van der Waals surface area contributed by atoms with Crippen LogP contribution in [0.15, 0.2) is 41.6 Å². The number of ether oxygens (including phenoxy) is 1. The molecule has 8 heteroatoms. The van der Waals surface area contributed by atoms with Gasteiger partial charge in [0.05, 0.1) is 17.9 Å². The van der Waals surface area contributed by atoms with Gasteiger partial charge in [0.25, 0.3) is 5.91 Å². The summed E-state index contributed by atoms with van der Waals surface area (Å²) in [6, 6.07) is 3.09. The number of hydrogen-bond donors (Lipinski definition) is 1. The second-order valence-electron chi connectivity index (χ2n) is 7.70. The zero-order valence-corrected chi connectivity index (χ0v) is 19.2. The number of hydrogen-bond acceptors (Lipinski definition) is 7. The van der Waals surface area contributed by atoms with Gasteiger partial charge in [0, 0.05) is 31.0 Å². The highest BCUT2D eigenvalue weighted by Crippen LogP contribution is 2.24. The number of phenolic OH excluding ortho intramolecular Hbond substituents is 1. The summed E-state index contributed by atoms with van der Waals surface area (Å²) in [4.78, 5) is 32.3. The van der Waals surface area contributed by atoms with Crippen molar-refractivity contribution in [1.29, 1.82) is 0 Å². The van der Waals surface area contributed by atoms with Crippen LogP contribution in [-0.4, -0.2) is 65.4 Å². The minimum absolute atomic E-state index is 0.0699. The monoisotopic (exact) mass is 458 g/mol. The molecule has 1 aromatic rings. The summed E-state index contributed by atoms with van der Waals surface area (Å²) in [6.45, 7) is 3.39. The summed E-state index contributed by atoms with van der Waals surface area (Å²) in [5, 5.41) is 14.3. The van der Waals surface area contributed by atoms with Gasteiger partial charge in [0.15, 0.2) is 6.61 Å². The molecule has 0 unspecified atom stereocenters. The van der Waals surface area contributed by atoms with Gasteiger partial charge in [-0.3, -0.25) is 4.79 Å². The predicted molar refractivity (Wildman–Crippen MR) is 126 cm³/mol. The number of thioether (sulfide) groups is 1. The van der Waals surface area contributed by atoms with Crippen LogP contribution in [0.2, 0.25) is 0 Å². The van der Waals surface area contributed by atoms with Crippen LogP contribution in [0.3, 0.4) is 0 Å². The van der Waals surface area contributed by atoms with Gasteiger partial charge in [0.1, 0.15) is 5.75 Å². The molecule has 0 aromatic heterocycles. The number of aryl methyl sites for hydroxylation is 1. The summed E-state index contributed by atoms with van der Waals surface area (Å²) >= 11 is 1.84. The number of esters is 1. The van der Waals surface area contributed by atoms with Crippen molar-refractivity contribution in [1.82, 2.24) is 4.90 Å². The summed E-state index contributed by atoms with van der Waals surface area (Å²) < 4.78 is 5.44. The lowest BCUT2D eigenvalue weighted by Gasteiger charge is -2.25. The third-order valence-electron chi connectivity index (χ3n) is 5.21. The molecular formula is C24H30N2O5S. The van der Waals surface area contributed by atoms with Crippen LogP contribution in [0, 0.1) is 6.92 Å². The third kappa shape index (κ3) is 7.15. The molecule has 0 bridgehead atoms. The molecule has 2 aliphatic rings. The SMILES string of the molecule is Cc1cc(O)cc2c1C(=O)OCC/C=C/CC/C=C/C(=N\OCC(=O)N1CCSCC1)C2. The molecule has 3 rings (SSSR count). The molecule has 2 aliphatic heterocycles. The highest BCUT2D eigenvalue weighted by atomic mass is 32.2. The maximum atomic E-state index is 12.7. The zero-order valence-electron chi connectivity index (χ0n) is 18.4. The number of aromatic hydroxyl groups is 1. The average molecular weight is 459 g/mol. The van der Waals surface area contributed by atoms with Crippen molar-refractivity contribution in [3.8, 4) is 5.75 Å². The van der Waals surface area contributed by atoms with E-state index in [0.717, 1.165) is 37.4 Å². The van der Waals surface area contributed by atoms with Gasteiger partial charge in [-0.1, -0.05) is 23.4 Å². The molecule has 0 spiro atoms. The Balaban J connectivity index is 1.80. The molecule has 1 aromatic carbocycles. The molecule has 1 N–H and O–H groups in total. The minimum atomic E-state index is -0.426. The van der Waals surface area contributed by atoms with E-state index in [4.69, 9.17) is 9.57 Å². The van der Waals surface area contributed by atoms with Crippen molar-refractivity contribution in [2.24, 2.45) is 5.16 Å². The van der Waals surface area contributed by atoms with Crippen molar-refractivity contribution in [2.75, 3.05) is 37.8 Å². The maximum absolute atomic E-state index is 12.7. The molecule has 0 radical (unpaired) electrons. The van der Waals surface area contributed by atoms with Gasteiger partial charge in [0.2, 0.25) is 0 Å². The maximum Gasteiger partial charge on any atom is 0.338 e. The fourth-order valence-electron chi connectivity index (χ4n) is 3.60. The normalized spacial score (nSPS) is 21.2. The third-order valence-corrected chi connectivity index (χ3v) is 6.15. The van der Waals surface area contributed by atoms with E-state index in [1.54, 1.807) is 24.0 Å². The quantitative estimate of drug-likeness (QED) is 0.423. The highest BCUT2D eigenvalue weighted by molar-refractivity contribution is 7.99. The molecule has 7 nitrogen and oxygen atoms in total. The first-order chi connectivity index (χ1) is 15.5. The number of carbonyl (C=O) groups excluding carboxylic acids is 2. The number of phenols is 1. The fourth-order valence-corrected chi connectivity index (χ4v) is 4.50. The molecule has 0 atom stereocenters. The Hall–Kier alpha value is -2.74. The lowest BCUT2D eigenvalue weighted by molar-refractivity contribution is -0.135. The Bertz CT molecular complexity index is 904. The number of fused-ring (bicyclic) bond motifs is 1. The van der Waals surface area contributed by atoms with Crippen LogP contribution in [-0.2, 0) is 20.8 Å². The van der Waals surface area contributed by atoms with E-state index in [9.17, 15) is 14.7 Å². The zero-order chi connectivity index (χ0) is 22.8. The molecule has 0 saturated carbocycles. The minimum Gasteiger partial charge on any atom is -0.508 e. The molecule has 2 heterocycles. The molecule has 1 fully saturated rings. The number of amides is 1. The van der Waals surface area contributed by atoms with Crippen molar-refractivity contribution in [3.63, 3.8) is 0 Å². The first kappa shape index (κ1) is 23.9. The van der Waals surface area contributed by atoms with E-state index in [1.165, 1.54) is 0 Å². The number of benzene rings is 1. The predicted octanol–water partition coefficient (Wildman–Crippen LogP) is 3.64. The van der Waals surface area contributed by atoms with Gasteiger partial charge in [-0.25, -0.2) is 4.79 Å². The molecular weight excluding hydrogens is 428 g/mol. The van der Waals surface area contributed by atoms with E-state index in [0.29, 0.717) is 35.4 Å². The second kappa shape index (κ2) is 12.3. The van der Waals surface area contributed by atoms with Gasteiger partial charge in [-0.05, 0) is 55.5 Å². The van der Waals surface area contributed by atoms with E-state index < -0.39 is 5.97 Å². The van der Waals surface area contributed by atoms with E-state index in [2.05, 4.69) is 11.2 Å².